The van der Waals surface area contributed by atoms with Crippen LogP contribution in [0.2, 0.25) is 0 Å². The molecule has 5 rings (SSSR count). The van der Waals surface area contributed by atoms with Crippen LogP contribution in [0.1, 0.15) is 34.3 Å². The molecule has 7 heteroatoms. The molecule has 184 valence electrons. The number of nitrogens with zero attached hydrogens (tertiary/aromatic N) is 2. The van der Waals surface area contributed by atoms with E-state index in [-0.39, 0.29) is 30.2 Å². The third-order valence-electron chi connectivity index (χ3n) is 6.61. The summed E-state index contributed by atoms with van der Waals surface area (Å²) in [6, 6.07) is 19.5. The number of hydrogen-bond acceptors (Lipinski definition) is 2. The molecule has 1 fully saturated rings. The fourth-order valence-corrected chi connectivity index (χ4v) is 4.45. The largest absolute Gasteiger partial charge is 0.361 e. The van der Waals surface area contributed by atoms with Gasteiger partial charge in [-0.3, -0.25) is 9.59 Å². The smallest absolute Gasteiger partial charge is 0.254 e. The van der Waals surface area contributed by atoms with Crippen molar-refractivity contribution in [1.82, 2.24) is 14.8 Å². The summed E-state index contributed by atoms with van der Waals surface area (Å²) in [4.78, 5) is 33.3. The molecule has 5 nitrogen and oxygen atoms in total. The van der Waals surface area contributed by atoms with Crippen molar-refractivity contribution in [3.05, 3.63) is 107 Å². The number of nitrogens with one attached hydrogen (secondary N) is 1. The van der Waals surface area contributed by atoms with Crippen LogP contribution in [0.5, 0.6) is 0 Å². The number of benzene rings is 3. The summed E-state index contributed by atoms with van der Waals surface area (Å²) in [5.74, 6) is -1.20. The molecule has 1 heterocycles. The summed E-state index contributed by atoms with van der Waals surface area (Å²) in [6.45, 7) is 0.696. The number of hydrogen-bond donors (Lipinski definition) is 1. The molecule has 36 heavy (non-hydrogen) atoms. The lowest BCUT2D eigenvalue weighted by atomic mass is 10.1. The number of amides is 2. The molecule has 0 saturated heterocycles. The van der Waals surface area contributed by atoms with E-state index in [0.717, 1.165) is 34.9 Å². The molecule has 1 aliphatic rings. The lowest BCUT2D eigenvalue weighted by molar-refractivity contribution is -0.132. The number of carbonyl (C=O) groups excluding carboxylic acids is 2. The predicted molar refractivity (Wildman–Crippen MR) is 134 cm³/mol. The van der Waals surface area contributed by atoms with Crippen molar-refractivity contribution < 1.29 is 18.4 Å². The van der Waals surface area contributed by atoms with E-state index in [2.05, 4.69) is 4.98 Å². The Hall–Kier alpha value is -4.00. The van der Waals surface area contributed by atoms with Crippen molar-refractivity contribution >= 4 is 22.7 Å². The summed E-state index contributed by atoms with van der Waals surface area (Å²) in [5, 5.41) is 1.11. The van der Waals surface area contributed by atoms with Crippen LogP contribution in [0.4, 0.5) is 8.78 Å². The topological polar surface area (TPSA) is 56.4 Å². The van der Waals surface area contributed by atoms with Crippen LogP contribution < -0.4 is 0 Å². The minimum Gasteiger partial charge on any atom is -0.361 e. The van der Waals surface area contributed by atoms with Crippen molar-refractivity contribution in [2.24, 2.45) is 0 Å². The maximum Gasteiger partial charge on any atom is 0.254 e. The molecule has 3 aromatic carbocycles. The second kappa shape index (κ2) is 10.3. The summed E-state index contributed by atoms with van der Waals surface area (Å²) >= 11 is 0. The van der Waals surface area contributed by atoms with Gasteiger partial charge in [0, 0.05) is 41.8 Å². The van der Waals surface area contributed by atoms with Gasteiger partial charge in [-0.1, -0.05) is 30.3 Å². The molecular weight excluding hydrogens is 460 g/mol. The molecular formula is C29H27F2N3O2. The highest BCUT2D eigenvalue weighted by molar-refractivity contribution is 5.97. The fourth-order valence-electron chi connectivity index (χ4n) is 4.45. The summed E-state index contributed by atoms with van der Waals surface area (Å²) in [7, 11) is 0. The van der Waals surface area contributed by atoms with Gasteiger partial charge >= 0.3 is 0 Å². The zero-order valence-corrected chi connectivity index (χ0v) is 19.8. The Morgan fingerprint density at radius 2 is 1.56 bits per heavy atom. The Morgan fingerprint density at radius 3 is 2.25 bits per heavy atom. The number of aromatic amines is 1. The van der Waals surface area contributed by atoms with Crippen LogP contribution in [0.3, 0.4) is 0 Å². The van der Waals surface area contributed by atoms with E-state index in [4.69, 9.17) is 0 Å². The molecule has 0 bridgehead atoms. The Bertz CT molecular complexity index is 1360. The van der Waals surface area contributed by atoms with Crippen LogP contribution in [-0.4, -0.2) is 45.7 Å². The second-order valence-corrected chi connectivity index (χ2v) is 9.22. The number of halogens is 2. The number of fused-ring (bicyclic) bond motifs is 1. The molecule has 0 aliphatic heterocycles. The van der Waals surface area contributed by atoms with Gasteiger partial charge in [-0.15, -0.1) is 0 Å². The van der Waals surface area contributed by atoms with E-state index < -0.39 is 5.82 Å². The molecule has 1 saturated carbocycles. The third-order valence-corrected chi connectivity index (χ3v) is 6.61. The fraction of sp³-hybridized carbons (Fsp3) is 0.241. The zero-order valence-electron chi connectivity index (χ0n) is 19.8. The molecule has 1 aliphatic carbocycles. The Morgan fingerprint density at radius 1 is 0.889 bits per heavy atom. The Labute approximate surface area is 208 Å². The number of carbonyl (C=O) groups is 2. The van der Waals surface area contributed by atoms with E-state index in [9.17, 15) is 18.4 Å². The van der Waals surface area contributed by atoms with Crippen molar-refractivity contribution in [3.8, 4) is 0 Å². The van der Waals surface area contributed by atoms with Crippen LogP contribution in [0, 0.1) is 11.6 Å². The third kappa shape index (κ3) is 5.46. The number of aromatic nitrogens is 1. The molecule has 0 unspecified atom stereocenters. The van der Waals surface area contributed by atoms with E-state index in [1.165, 1.54) is 36.4 Å². The standard InChI is InChI=1S/C29H27F2N3O2/c30-23-9-5-20(6-10-23)18-33(16-15-22-17-32-27-4-2-1-3-26(22)27)28(35)19-34(25-13-14-25)29(36)21-7-11-24(31)12-8-21/h1-12,17,25,32H,13-16,18-19H2. The van der Waals surface area contributed by atoms with Gasteiger partial charge in [-0.05, 0) is 72.9 Å². The van der Waals surface area contributed by atoms with Gasteiger partial charge in [0.25, 0.3) is 5.91 Å². The van der Waals surface area contributed by atoms with Gasteiger partial charge in [0.15, 0.2) is 0 Å². The first kappa shape index (κ1) is 23.7. The van der Waals surface area contributed by atoms with Crippen molar-refractivity contribution in [2.45, 2.75) is 31.8 Å². The molecule has 4 aromatic rings. The average Bonchev–Trinajstić information content (AvgIpc) is 3.65. The SMILES string of the molecule is O=C(CN(C(=O)c1ccc(F)cc1)C1CC1)N(CCc1c[nH]c2ccccc12)Cc1ccc(F)cc1. The highest BCUT2D eigenvalue weighted by Gasteiger charge is 2.35. The highest BCUT2D eigenvalue weighted by atomic mass is 19.1. The average molecular weight is 488 g/mol. The molecule has 0 radical (unpaired) electrons. The van der Waals surface area contributed by atoms with Gasteiger partial charge < -0.3 is 14.8 Å². The first-order valence-corrected chi connectivity index (χ1v) is 12.1. The molecule has 2 amide bonds. The predicted octanol–water partition coefficient (Wildman–Crippen LogP) is 5.32. The van der Waals surface area contributed by atoms with Crippen molar-refractivity contribution in [1.29, 1.82) is 0 Å². The van der Waals surface area contributed by atoms with Crippen LogP contribution in [0.25, 0.3) is 10.9 Å². The summed E-state index contributed by atoms with van der Waals surface area (Å²) < 4.78 is 26.8. The summed E-state index contributed by atoms with van der Waals surface area (Å²) in [5.41, 5.74) is 3.31. The van der Waals surface area contributed by atoms with Gasteiger partial charge in [-0.25, -0.2) is 8.78 Å². The van der Waals surface area contributed by atoms with Crippen LogP contribution in [-0.2, 0) is 17.8 Å². The quantitative estimate of drug-likeness (QED) is 0.347. The molecule has 1 N–H and O–H groups in total. The second-order valence-electron chi connectivity index (χ2n) is 9.22. The molecule has 0 spiro atoms. The van der Waals surface area contributed by atoms with Gasteiger partial charge in [0.1, 0.15) is 18.2 Å². The zero-order chi connectivity index (χ0) is 25.1. The Kier molecular flexibility index (Phi) is 6.80. The minimum absolute atomic E-state index is 0.00721. The normalized spacial score (nSPS) is 13.1. The maximum atomic E-state index is 13.6. The van der Waals surface area contributed by atoms with E-state index in [0.29, 0.717) is 25.1 Å². The van der Waals surface area contributed by atoms with Crippen molar-refractivity contribution in [3.63, 3.8) is 0 Å². The van der Waals surface area contributed by atoms with Gasteiger partial charge in [0.05, 0.1) is 0 Å². The van der Waals surface area contributed by atoms with Crippen LogP contribution in [0.15, 0.2) is 79.0 Å². The minimum atomic E-state index is -0.414. The first-order chi connectivity index (χ1) is 17.5. The number of H-pyrrole nitrogens is 1. The monoisotopic (exact) mass is 487 g/mol. The maximum absolute atomic E-state index is 13.6. The lowest BCUT2D eigenvalue weighted by Gasteiger charge is -2.28. The van der Waals surface area contributed by atoms with Gasteiger partial charge in [0.2, 0.25) is 5.91 Å². The van der Waals surface area contributed by atoms with Crippen LogP contribution >= 0.6 is 0 Å². The Balaban J connectivity index is 1.35. The summed E-state index contributed by atoms with van der Waals surface area (Å²) in [6.07, 6.45) is 4.27. The first-order valence-electron chi connectivity index (χ1n) is 12.1. The molecule has 1 aromatic heterocycles. The van der Waals surface area contributed by atoms with E-state index in [1.807, 2.05) is 30.5 Å². The van der Waals surface area contributed by atoms with E-state index >= 15 is 0 Å². The number of rotatable bonds is 9. The van der Waals surface area contributed by atoms with Gasteiger partial charge in [-0.2, -0.15) is 0 Å². The highest BCUT2D eigenvalue weighted by Crippen LogP contribution is 2.28. The molecule has 0 atom stereocenters. The van der Waals surface area contributed by atoms with Crippen molar-refractivity contribution in [2.75, 3.05) is 13.1 Å². The van der Waals surface area contributed by atoms with E-state index in [1.54, 1.807) is 21.9 Å². The number of para-hydroxylation sites is 1. The lowest BCUT2D eigenvalue weighted by Crippen LogP contribution is -2.44.